The Morgan fingerprint density at radius 2 is 0.622 bits per heavy atom. The van der Waals surface area contributed by atoms with Gasteiger partial charge in [0, 0.05) is 13.2 Å². The highest BCUT2D eigenvalue weighted by Crippen LogP contribution is 2.22. The van der Waals surface area contributed by atoms with Gasteiger partial charge in [0.15, 0.2) is 0 Å². The Balaban J connectivity index is -0.00000882. The number of nitrogens with one attached hydrogen (secondary N) is 2. The first kappa shape index (κ1) is 49.7. The van der Waals surface area contributed by atoms with Gasteiger partial charge in [-0.15, -0.1) is 24.8 Å². The Bertz CT molecular complexity index is 495. The van der Waals surface area contributed by atoms with Crippen LogP contribution in [0.25, 0.3) is 0 Å². The zero-order chi connectivity index (χ0) is 31.7. The molecule has 0 aliphatic rings. The summed E-state index contributed by atoms with van der Waals surface area (Å²) >= 11 is 0. The van der Waals surface area contributed by atoms with Gasteiger partial charge in [0.25, 0.3) is 0 Å². The molecule has 0 fully saturated rings. The highest BCUT2D eigenvalue weighted by molar-refractivity contribution is 5.85. The largest absolute Gasteiger partial charge is 0.381 e. The number of halogens is 2. The maximum atomic E-state index is 6.38. The van der Waals surface area contributed by atoms with Gasteiger partial charge in [-0.25, -0.2) is 0 Å². The van der Waals surface area contributed by atoms with Gasteiger partial charge >= 0.3 is 0 Å². The molecule has 0 aromatic carbocycles. The third kappa shape index (κ3) is 31.4. The van der Waals surface area contributed by atoms with Crippen molar-refractivity contribution in [3.05, 3.63) is 0 Å². The minimum atomic E-state index is -0.252. The number of ether oxygens (including phenoxy) is 4. The van der Waals surface area contributed by atoms with Gasteiger partial charge in [0.2, 0.25) is 0 Å². The van der Waals surface area contributed by atoms with Crippen LogP contribution in [0.4, 0.5) is 0 Å². The van der Waals surface area contributed by atoms with E-state index in [0.29, 0.717) is 26.4 Å². The molecule has 0 saturated heterocycles. The number of quaternary nitrogens is 2. The summed E-state index contributed by atoms with van der Waals surface area (Å²) in [7, 11) is 0. The number of likely N-dealkylation sites (N-methyl/N-ethyl adjacent to an activating group) is 2. The Kier molecular flexibility index (Phi) is 42.9. The summed E-state index contributed by atoms with van der Waals surface area (Å²) in [6.45, 7) is 26.0. The first-order valence-corrected chi connectivity index (χ1v) is 19.1. The van der Waals surface area contributed by atoms with Gasteiger partial charge in [0.1, 0.15) is 13.1 Å². The number of rotatable bonds is 36. The number of hydrogen-bond donors (Lipinski definition) is 2. The molecule has 0 heterocycles. The van der Waals surface area contributed by atoms with E-state index in [9.17, 15) is 0 Å². The van der Waals surface area contributed by atoms with Gasteiger partial charge < -0.3 is 28.7 Å². The Hall–Kier alpha value is 0.340. The summed E-state index contributed by atoms with van der Waals surface area (Å²) in [4.78, 5) is 3.17. The second-order valence-electron chi connectivity index (χ2n) is 13.1. The molecule has 276 valence electrons. The molecule has 0 aromatic rings. The van der Waals surface area contributed by atoms with Crippen LogP contribution in [0.2, 0.25) is 0 Å². The highest BCUT2D eigenvalue weighted by Gasteiger charge is 2.33. The van der Waals surface area contributed by atoms with Crippen molar-refractivity contribution in [2.24, 2.45) is 5.41 Å². The zero-order valence-electron chi connectivity index (χ0n) is 31.2. The molecule has 0 radical (unpaired) electrons. The molecule has 0 aromatic heterocycles. The summed E-state index contributed by atoms with van der Waals surface area (Å²) in [5, 5.41) is 0. The number of unbranched alkanes of at least 4 members (excludes halogenated alkanes) is 14. The van der Waals surface area contributed by atoms with E-state index in [0.717, 1.165) is 78.5 Å². The van der Waals surface area contributed by atoms with Crippen molar-refractivity contribution in [3.8, 4) is 0 Å². The van der Waals surface area contributed by atoms with E-state index >= 15 is 0 Å². The fourth-order valence-electron chi connectivity index (χ4n) is 5.72. The van der Waals surface area contributed by atoms with E-state index in [2.05, 4.69) is 41.5 Å². The molecule has 0 atom stereocenters. The normalized spacial score (nSPS) is 11.7. The lowest BCUT2D eigenvalue weighted by atomic mass is 9.92. The fraction of sp³-hybridized carbons (Fsp3) is 1.00. The average molecular weight is 690 g/mol. The molecule has 6 nitrogen and oxygen atoms in total. The van der Waals surface area contributed by atoms with Crippen molar-refractivity contribution >= 4 is 24.8 Å². The molecule has 0 unspecified atom stereocenters. The Labute approximate surface area is 294 Å². The molecule has 2 N–H and O–H groups in total. The lowest BCUT2D eigenvalue weighted by Gasteiger charge is -2.33. The van der Waals surface area contributed by atoms with Crippen molar-refractivity contribution in [3.63, 3.8) is 0 Å². The summed E-state index contributed by atoms with van der Waals surface area (Å²) < 4.78 is 25.5. The third-order valence-corrected chi connectivity index (χ3v) is 9.12. The maximum Gasteiger partial charge on any atom is 0.101 e. The monoisotopic (exact) mass is 689 g/mol. The molecule has 0 aliphatic heterocycles. The lowest BCUT2D eigenvalue weighted by molar-refractivity contribution is -0.896. The van der Waals surface area contributed by atoms with Crippen molar-refractivity contribution in [2.75, 3.05) is 92.1 Å². The maximum absolute atomic E-state index is 6.38. The van der Waals surface area contributed by atoms with Crippen molar-refractivity contribution in [1.29, 1.82) is 0 Å². The standard InChI is InChI=1S/C37H78N2O4.2ClH/c1-7-13-15-17-19-21-23-25-29-40-33-37(35-42-31-27-38(9-3)10-4,36-43-32-28-39(11-5)12-6)34-41-30-26-24-22-20-18-16-14-8-2;;/h7-36H2,1-6H3;2*1H/p+2. The summed E-state index contributed by atoms with van der Waals surface area (Å²) in [6.07, 6.45) is 21.1. The van der Waals surface area contributed by atoms with Crippen molar-refractivity contribution in [2.45, 2.75) is 144 Å². The summed E-state index contributed by atoms with van der Waals surface area (Å²) in [5.41, 5.74) is -0.252. The third-order valence-electron chi connectivity index (χ3n) is 9.12. The fourth-order valence-corrected chi connectivity index (χ4v) is 5.72. The van der Waals surface area contributed by atoms with Gasteiger partial charge in [0.05, 0.1) is 71.2 Å². The smallest absolute Gasteiger partial charge is 0.101 e. The average Bonchev–Trinajstić information content (AvgIpc) is 3.03. The Morgan fingerprint density at radius 3 is 0.911 bits per heavy atom. The minimum absolute atomic E-state index is 0. The molecule has 0 aliphatic carbocycles. The molecular formula is C37H82Cl2N2O4+2. The molecular weight excluding hydrogens is 607 g/mol. The SMILES string of the molecule is CCCCCCCCCCOCC(COCCCCCCCCCC)(COCC[NH+](CC)CC)COCC[NH+](CC)CC.Cl.Cl. The van der Waals surface area contributed by atoms with Crippen LogP contribution in [0.3, 0.4) is 0 Å². The van der Waals surface area contributed by atoms with Gasteiger partial charge in [-0.3, -0.25) is 0 Å². The van der Waals surface area contributed by atoms with Crippen molar-refractivity contribution in [1.82, 2.24) is 0 Å². The molecule has 8 heteroatoms. The Morgan fingerprint density at radius 1 is 0.356 bits per heavy atom. The van der Waals surface area contributed by atoms with Crippen LogP contribution in [0.15, 0.2) is 0 Å². The molecule has 0 rings (SSSR count). The van der Waals surface area contributed by atoms with Crippen LogP contribution in [0.5, 0.6) is 0 Å². The van der Waals surface area contributed by atoms with E-state index in [1.54, 1.807) is 9.80 Å². The predicted octanol–water partition coefficient (Wildman–Crippen LogP) is 7.01. The van der Waals surface area contributed by atoms with Crippen LogP contribution in [-0.4, -0.2) is 92.1 Å². The lowest BCUT2D eigenvalue weighted by Crippen LogP contribution is -3.11. The molecule has 0 saturated carbocycles. The van der Waals surface area contributed by atoms with E-state index in [1.165, 1.54) is 89.9 Å². The zero-order valence-corrected chi connectivity index (χ0v) is 32.8. The summed E-state index contributed by atoms with van der Waals surface area (Å²) in [5.74, 6) is 0. The van der Waals surface area contributed by atoms with E-state index < -0.39 is 0 Å². The van der Waals surface area contributed by atoms with Gasteiger partial charge in [-0.1, -0.05) is 104 Å². The van der Waals surface area contributed by atoms with Gasteiger partial charge in [-0.05, 0) is 40.5 Å². The second-order valence-corrected chi connectivity index (χ2v) is 13.1. The van der Waals surface area contributed by atoms with Crippen LogP contribution >= 0.6 is 24.8 Å². The molecule has 0 bridgehead atoms. The van der Waals surface area contributed by atoms with Crippen LogP contribution in [-0.2, 0) is 18.9 Å². The first-order valence-electron chi connectivity index (χ1n) is 19.1. The van der Waals surface area contributed by atoms with E-state index in [-0.39, 0.29) is 30.2 Å². The molecule has 0 spiro atoms. The van der Waals surface area contributed by atoms with Gasteiger partial charge in [-0.2, -0.15) is 0 Å². The van der Waals surface area contributed by atoms with E-state index in [4.69, 9.17) is 18.9 Å². The van der Waals surface area contributed by atoms with E-state index in [1.807, 2.05) is 0 Å². The molecule has 0 amide bonds. The van der Waals surface area contributed by atoms with Crippen LogP contribution < -0.4 is 9.80 Å². The van der Waals surface area contributed by atoms with Crippen molar-refractivity contribution < 1.29 is 28.7 Å². The quantitative estimate of drug-likeness (QED) is 0.0696. The summed E-state index contributed by atoms with van der Waals surface area (Å²) in [6, 6.07) is 0. The minimum Gasteiger partial charge on any atom is -0.381 e. The first-order chi connectivity index (χ1) is 21.1. The topological polar surface area (TPSA) is 45.8 Å². The number of hydrogen-bond acceptors (Lipinski definition) is 4. The van der Waals surface area contributed by atoms with Crippen LogP contribution in [0, 0.1) is 5.41 Å². The predicted molar refractivity (Wildman–Crippen MR) is 199 cm³/mol. The second kappa shape index (κ2) is 38.8. The highest BCUT2D eigenvalue weighted by atomic mass is 35.5. The molecule has 45 heavy (non-hydrogen) atoms. The van der Waals surface area contributed by atoms with Crippen LogP contribution in [0.1, 0.15) is 144 Å².